The lowest BCUT2D eigenvalue weighted by atomic mass is 9.85. The van der Waals surface area contributed by atoms with Crippen LogP contribution in [0.4, 0.5) is 0 Å². The van der Waals surface area contributed by atoms with Gasteiger partial charge >= 0.3 is 0 Å². The monoisotopic (exact) mass is 735 g/mol. The van der Waals surface area contributed by atoms with Gasteiger partial charge < -0.3 is 4.98 Å². The van der Waals surface area contributed by atoms with Gasteiger partial charge in [-0.2, -0.15) is 0 Å². The number of benzene rings is 8. The van der Waals surface area contributed by atoms with Gasteiger partial charge in [0.1, 0.15) is 0 Å². The summed E-state index contributed by atoms with van der Waals surface area (Å²) >= 11 is 0. The van der Waals surface area contributed by atoms with Crippen LogP contribution >= 0.6 is 0 Å². The van der Waals surface area contributed by atoms with Gasteiger partial charge in [0.2, 0.25) is 0 Å². The van der Waals surface area contributed by atoms with E-state index in [-0.39, 0.29) is 0 Å². The van der Waals surface area contributed by atoms with Crippen molar-refractivity contribution in [2.24, 2.45) is 0 Å². The molecule has 0 spiro atoms. The van der Waals surface area contributed by atoms with Crippen molar-refractivity contribution in [2.45, 2.75) is 27.7 Å². The Kier molecular flexibility index (Phi) is 12.5. The predicted octanol–water partition coefficient (Wildman–Crippen LogP) is 15.4. The van der Waals surface area contributed by atoms with Crippen LogP contribution in [0.2, 0.25) is 0 Å². The van der Waals surface area contributed by atoms with Crippen molar-refractivity contribution < 1.29 is 0 Å². The van der Waals surface area contributed by atoms with Gasteiger partial charge in [-0.15, -0.1) is 0 Å². The van der Waals surface area contributed by atoms with E-state index in [1.54, 1.807) is 0 Å². The zero-order valence-corrected chi connectivity index (χ0v) is 33.3. The van der Waals surface area contributed by atoms with Crippen LogP contribution in [-0.4, -0.2) is 4.98 Å². The molecule has 0 aliphatic heterocycles. The van der Waals surface area contributed by atoms with Crippen molar-refractivity contribution in [3.63, 3.8) is 0 Å². The second kappa shape index (κ2) is 18.6. The van der Waals surface area contributed by atoms with E-state index in [0.29, 0.717) is 0 Å². The van der Waals surface area contributed by atoms with Crippen molar-refractivity contribution in [3.8, 4) is 0 Å². The molecule has 0 saturated carbocycles. The first-order valence-electron chi connectivity index (χ1n) is 20.2. The molecule has 8 aromatic carbocycles. The van der Waals surface area contributed by atoms with E-state index in [9.17, 15) is 0 Å². The Hall–Kier alpha value is -6.96. The van der Waals surface area contributed by atoms with Crippen LogP contribution in [0.25, 0.3) is 44.1 Å². The molecule has 0 radical (unpaired) electrons. The van der Waals surface area contributed by atoms with Gasteiger partial charge in [-0.1, -0.05) is 222 Å². The summed E-state index contributed by atoms with van der Waals surface area (Å²) < 4.78 is 0. The zero-order valence-electron chi connectivity index (χ0n) is 33.3. The highest BCUT2D eigenvalue weighted by Gasteiger charge is 2.20. The Morgan fingerprint density at radius 1 is 0.246 bits per heavy atom. The molecule has 1 nitrogen and oxygen atoms in total. The van der Waals surface area contributed by atoms with E-state index in [0.717, 1.165) is 11.0 Å². The standard InChI is InChI=1S/C52H37N.2C2H6/c1-7-19-37(20-8-1)49(38-21-9-2-10-22-38)51(41-27-15-5-16-28-41)43-31-33-47-45(35-43)46-36-44(32-34-48(46)53-47)52(42-29-17-6-18-30-42)50(39-23-11-3-12-24-39)40-25-13-4-14-26-40;2*1-2/h1-36,53H;2*1-2H3. The lowest BCUT2D eigenvalue weighted by Crippen LogP contribution is -1.97. The van der Waals surface area contributed by atoms with Crippen molar-refractivity contribution in [3.05, 3.63) is 263 Å². The number of nitrogens with one attached hydrogen (secondary N) is 1. The van der Waals surface area contributed by atoms with E-state index in [1.165, 1.54) is 77.6 Å². The second-order valence-corrected chi connectivity index (χ2v) is 13.3. The molecular formula is C56H49N. The van der Waals surface area contributed by atoms with Crippen LogP contribution in [0.3, 0.4) is 0 Å². The summed E-state index contributed by atoms with van der Waals surface area (Å²) in [5, 5.41) is 2.39. The van der Waals surface area contributed by atoms with Gasteiger partial charge in [-0.25, -0.2) is 0 Å². The number of aromatic nitrogens is 1. The number of aromatic amines is 1. The number of hydrogen-bond acceptors (Lipinski definition) is 0. The van der Waals surface area contributed by atoms with Crippen LogP contribution in [0.5, 0.6) is 0 Å². The minimum Gasteiger partial charge on any atom is -0.355 e. The third-order valence-electron chi connectivity index (χ3n) is 10.1. The maximum Gasteiger partial charge on any atom is 0.0465 e. The minimum atomic E-state index is 1.12. The molecule has 0 saturated heterocycles. The Bertz CT molecular complexity index is 2430. The van der Waals surface area contributed by atoms with E-state index in [2.05, 4.69) is 223 Å². The molecule has 278 valence electrons. The van der Waals surface area contributed by atoms with Gasteiger partial charge in [0.15, 0.2) is 0 Å². The van der Waals surface area contributed by atoms with Crippen LogP contribution < -0.4 is 0 Å². The summed E-state index contributed by atoms with van der Waals surface area (Å²) in [5.74, 6) is 0. The molecule has 0 aliphatic carbocycles. The first-order valence-corrected chi connectivity index (χ1v) is 20.2. The lowest BCUT2D eigenvalue weighted by molar-refractivity contribution is 1.50. The molecule has 0 fully saturated rings. The fourth-order valence-corrected chi connectivity index (χ4v) is 7.66. The molecule has 9 aromatic rings. The van der Waals surface area contributed by atoms with Gasteiger partial charge in [-0.3, -0.25) is 0 Å². The first kappa shape index (κ1) is 38.3. The summed E-state index contributed by atoms with van der Waals surface area (Å²) in [6, 6.07) is 78.5. The normalized spacial score (nSPS) is 10.5. The fraction of sp³-hybridized carbons (Fsp3) is 0.0714. The van der Waals surface area contributed by atoms with E-state index in [1.807, 2.05) is 27.7 Å². The molecule has 0 unspecified atom stereocenters. The molecule has 1 N–H and O–H groups in total. The average molecular weight is 736 g/mol. The third-order valence-corrected chi connectivity index (χ3v) is 10.1. The molecule has 1 heterocycles. The molecule has 1 heteroatoms. The van der Waals surface area contributed by atoms with Crippen molar-refractivity contribution in [2.75, 3.05) is 0 Å². The molecule has 0 atom stereocenters. The minimum absolute atomic E-state index is 1.12. The van der Waals surface area contributed by atoms with Crippen molar-refractivity contribution in [1.82, 2.24) is 4.98 Å². The molecule has 0 amide bonds. The van der Waals surface area contributed by atoms with Crippen LogP contribution in [0.15, 0.2) is 218 Å². The lowest BCUT2D eigenvalue weighted by Gasteiger charge is -2.18. The van der Waals surface area contributed by atoms with E-state index < -0.39 is 0 Å². The highest BCUT2D eigenvalue weighted by atomic mass is 14.7. The van der Waals surface area contributed by atoms with Crippen molar-refractivity contribution >= 4 is 44.1 Å². The van der Waals surface area contributed by atoms with Gasteiger partial charge in [0.05, 0.1) is 0 Å². The Morgan fingerprint density at radius 2 is 0.456 bits per heavy atom. The maximum absolute atomic E-state index is 3.74. The van der Waals surface area contributed by atoms with E-state index >= 15 is 0 Å². The molecular weight excluding hydrogens is 687 g/mol. The zero-order chi connectivity index (χ0) is 39.4. The molecule has 0 aliphatic rings. The summed E-state index contributed by atoms with van der Waals surface area (Å²) in [5.41, 5.74) is 16.5. The number of hydrogen-bond donors (Lipinski definition) is 1. The summed E-state index contributed by atoms with van der Waals surface area (Å²) in [4.78, 5) is 3.74. The van der Waals surface area contributed by atoms with Gasteiger partial charge in [0.25, 0.3) is 0 Å². The molecule has 1 aromatic heterocycles. The second-order valence-electron chi connectivity index (χ2n) is 13.3. The summed E-state index contributed by atoms with van der Waals surface area (Å²) in [6.07, 6.45) is 0. The van der Waals surface area contributed by atoms with Crippen LogP contribution in [-0.2, 0) is 0 Å². The molecule has 57 heavy (non-hydrogen) atoms. The Labute approximate surface area is 338 Å². The van der Waals surface area contributed by atoms with E-state index in [4.69, 9.17) is 0 Å². The van der Waals surface area contributed by atoms with Gasteiger partial charge in [-0.05, 0) is 91.1 Å². The van der Waals surface area contributed by atoms with Gasteiger partial charge in [0, 0.05) is 21.8 Å². The highest BCUT2D eigenvalue weighted by molar-refractivity contribution is 6.13. The van der Waals surface area contributed by atoms with Crippen LogP contribution in [0.1, 0.15) is 72.2 Å². The largest absolute Gasteiger partial charge is 0.355 e. The topological polar surface area (TPSA) is 15.8 Å². The third kappa shape index (κ3) is 8.20. The SMILES string of the molecule is CC.CC.c1ccc(C(=C(c2ccccc2)c2ccc3[nH]c4ccc(C(=C(c5ccccc5)c5ccccc5)c5ccccc5)cc4c3c2)c2ccccc2)cc1. The fourth-order valence-electron chi connectivity index (χ4n) is 7.66. The number of H-pyrrole nitrogens is 1. The Morgan fingerprint density at radius 3 is 0.684 bits per heavy atom. The molecule has 9 rings (SSSR count). The summed E-state index contributed by atoms with van der Waals surface area (Å²) in [6.45, 7) is 8.00. The van der Waals surface area contributed by atoms with Crippen LogP contribution in [0, 0.1) is 0 Å². The predicted molar refractivity (Wildman–Crippen MR) is 247 cm³/mol. The van der Waals surface area contributed by atoms with Crippen molar-refractivity contribution in [1.29, 1.82) is 0 Å². The highest BCUT2D eigenvalue weighted by Crippen LogP contribution is 2.41. The maximum atomic E-state index is 3.74. The Balaban J connectivity index is 0.00000120. The quantitative estimate of drug-likeness (QED) is 0.150. The summed E-state index contributed by atoms with van der Waals surface area (Å²) in [7, 11) is 0. The molecule has 0 bridgehead atoms. The number of rotatable bonds is 8. The number of fused-ring (bicyclic) bond motifs is 3. The smallest absolute Gasteiger partial charge is 0.0465 e. The average Bonchev–Trinajstić information content (AvgIpc) is 3.67. The first-order chi connectivity index (χ1) is 28.3.